The van der Waals surface area contributed by atoms with Gasteiger partial charge >= 0.3 is 0 Å². The Balaban J connectivity index is 2.19. The van der Waals surface area contributed by atoms with Gasteiger partial charge in [0.25, 0.3) is 0 Å². The van der Waals surface area contributed by atoms with E-state index in [9.17, 15) is 0 Å². The molecule has 2 rings (SSSR count). The molecule has 18 heavy (non-hydrogen) atoms. The van der Waals surface area contributed by atoms with Crippen molar-refractivity contribution in [1.82, 2.24) is 5.32 Å². The molecule has 0 saturated carbocycles. The summed E-state index contributed by atoms with van der Waals surface area (Å²) in [4.78, 5) is 2.56. The van der Waals surface area contributed by atoms with E-state index in [2.05, 4.69) is 29.3 Å². The van der Waals surface area contributed by atoms with Gasteiger partial charge in [-0.2, -0.15) is 0 Å². The Bertz CT molecular complexity index is 392. The molecule has 0 aromatic heterocycles. The quantitative estimate of drug-likeness (QED) is 0.896. The molecular formula is C15H23ClN2. The smallest absolute Gasteiger partial charge is 0.0455 e. The van der Waals surface area contributed by atoms with Crippen LogP contribution in [-0.2, 0) is 0 Å². The number of halogens is 1. The van der Waals surface area contributed by atoms with Crippen LogP contribution >= 0.6 is 11.6 Å². The molecule has 2 nitrogen and oxygen atoms in total. The van der Waals surface area contributed by atoms with Gasteiger partial charge in [-0.1, -0.05) is 17.7 Å². The number of hydrogen-bond donors (Lipinski definition) is 1. The van der Waals surface area contributed by atoms with Crippen molar-refractivity contribution >= 4 is 17.3 Å². The highest BCUT2D eigenvalue weighted by Gasteiger charge is 2.23. The van der Waals surface area contributed by atoms with Gasteiger partial charge in [-0.3, -0.25) is 0 Å². The van der Waals surface area contributed by atoms with E-state index >= 15 is 0 Å². The van der Waals surface area contributed by atoms with Crippen molar-refractivity contribution in [2.24, 2.45) is 0 Å². The molecule has 1 atom stereocenters. The van der Waals surface area contributed by atoms with Crippen molar-refractivity contribution in [2.75, 3.05) is 25.0 Å². The molecule has 0 radical (unpaired) electrons. The zero-order valence-electron chi connectivity index (χ0n) is 11.4. The lowest BCUT2D eigenvalue weighted by Gasteiger charge is -2.38. The Morgan fingerprint density at radius 3 is 3.00 bits per heavy atom. The number of piperidine rings is 1. The molecule has 1 aliphatic heterocycles. The van der Waals surface area contributed by atoms with Crippen molar-refractivity contribution in [3.05, 3.63) is 28.8 Å². The monoisotopic (exact) mass is 266 g/mol. The van der Waals surface area contributed by atoms with Gasteiger partial charge in [-0.25, -0.2) is 0 Å². The molecule has 1 N–H and O–H groups in total. The maximum absolute atomic E-state index is 6.25. The highest BCUT2D eigenvalue weighted by atomic mass is 35.5. The van der Waals surface area contributed by atoms with Crippen molar-refractivity contribution < 1.29 is 0 Å². The summed E-state index contributed by atoms with van der Waals surface area (Å²) < 4.78 is 0. The summed E-state index contributed by atoms with van der Waals surface area (Å²) in [6, 6.07) is 6.91. The maximum atomic E-state index is 6.25. The summed E-state index contributed by atoms with van der Waals surface area (Å²) in [5.41, 5.74) is 2.54. The summed E-state index contributed by atoms with van der Waals surface area (Å²) in [5.74, 6) is 0. The molecule has 3 heteroatoms. The molecule has 0 amide bonds. The predicted molar refractivity (Wildman–Crippen MR) is 79.7 cm³/mol. The fourth-order valence-electron chi connectivity index (χ4n) is 2.84. The molecule has 0 spiro atoms. The lowest BCUT2D eigenvalue weighted by atomic mass is 9.97. The van der Waals surface area contributed by atoms with Crippen LogP contribution in [0.25, 0.3) is 0 Å². The third-order valence-electron chi connectivity index (χ3n) is 3.90. The van der Waals surface area contributed by atoms with Crippen LogP contribution in [0, 0.1) is 6.92 Å². The zero-order valence-corrected chi connectivity index (χ0v) is 12.1. The lowest BCUT2D eigenvalue weighted by molar-refractivity contribution is 0.433. The molecule has 1 fully saturated rings. The topological polar surface area (TPSA) is 15.3 Å². The van der Waals surface area contributed by atoms with E-state index in [0.717, 1.165) is 18.1 Å². The van der Waals surface area contributed by atoms with E-state index in [1.165, 1.54) is 36.9 Å². The third kappa shape index (κ3) is 2.99. The van der Waals surface area contributed by atoms with Crippen LogP contribution in [0.1, 0.15) is 31.2 Å². The first-order valence-electron chi connectivity index (χ1n) is 6.90. The highest BCUT2D eigenvalue weighted by molar-refractivity contribution is 6.31. The molecule has 1 aromatic rings. The second-order valence-electron chi connectivity index (χ2n) is 5.12. The van der Waals surface area contributed by atoms with Crippen LogP contribution in [0.3, 0.4) is 0 Å². The molecule has 100 valence electrons. The summed E-state index contributed by atoms with van der Waals surface area (Å²) in [7, 11) is 2.03. The average molecular weight is 267 g/mol. The van der Waals surface area contributed by atoms with Crippen molar-refractivity contribution in [1.29, 1.82) is 0 Å². The second-order valence-corrected chi connectivity index (χ2v) is 5.53. The first-order valence-corrected chi connectivity index (χ1v) is 7.28. The third-order valence-corrected chi connectivity index (χ3v) is 4.31. The number of anilines is 1. The Kier molecular flexibility index (Phi) is 4.90. The molecule has 1 unspecified atom stereocenters. The summed E-state index contributed by atoms with van der Waals surface area (Å²) in [6.07, 6.45) is 5.16. The average Bonchev–Trinajstić information content (AvgIpc) is 2.40. The van der Waals surface area contributed by atoms with E-state index in [4.69, 9.17) is 11.6 Å². The molecule has 1 aliphatic rings. The van der Waals surface area contributed by atoms with Gasteiger partial charge in [0.15, 0.2) is 0 Å². The van der Waals surface area contributed by atoms with E-state index in [-0.39, 0.29) is 0 Å². The molecule has 0 aliphatic carbocycles. The molecule has 1 saturated heterocycles. The molecule has 1 heterocycles. The minimum absolute atomic E-state index is 0.656. The van der Waals surface area contributed by atoms with Gasteiger partial charge in [0.2, 0.25) is 0 Å². The minimum atomic E-state index is 0.656. The summed E-state index contributed by atoms with van der Waals surface area (Å²) in [5, 5.41) is 4.14. The number of nitrogens with one attached hydrogen (secondary N) is 1. The first kappa shape index (κ1) is 13.7. The SMILES string of the molecule is CNCCC1CCCCN1c1cccc(Cl)c1C. The fourth-order valence-corrected chi connectivity index (χ4v) is 3.01. The number of benzene rings is 1. The first-order chi connectivity index (χ1) is 8.74. The van der Waals surface area contributed by atoms with Gasteiger partial charge < -0.3 is 10.2 Å². The van der Waals surface area contributed by atoms with E-state index in [0.29, 0.717) is 6.04 Å². The summed E-state index contributed by atoms with van der Waals surface area (Å²) >= 11 is 6.25. The van der Waals surface area contributed by atoms with Crippen molar-refractivity contribution in [3.63, 3.8) is 0 Å². The zero-order chi connectivity index (χ0) is 13.0. The van der Waals surface area contributed by atoms with E-state index in [1.54, 1.807) is 0 Å². The number of hydrogen-bond acceptors (Lipinski definition) is 2. The molecule has 0 bridgehead atoms. The van der Waals surface area contributed by atoms with Crippen LogP contribution in [0.4, 0.5) is 5.69 Å². The molecular weight excluding hydrogens is 244 g/mol. The summed E-state index contributed by atoms with van der Waals surface area (Å²) in [6.45, 7) is 4.37. The number of rotatable bonds is 4. The highest BCUT2D eigenvalue weighted by Crippen LogP contribution is 2.32. The van der Waals surface area contributed by atoms with Gasteiger partial charge in [-0.15, -0.1) is 0 Å². The predicted octanol–water partition coefficient (Wildman–Crippen LogP) is 3.62. The van der Waals surface area contributed by atoms with Crippen LogP contribution < -0.4 is 10.2 Å². The Hall–Kier alpha value is -0.730. The van der Waals surface area contributed by atoms with Crippen molar-refractivity contribution in [2.45, 2.75) is 38.6 Å². The minimum Gasteiger partial charge on any atom is -0.368 e. The van der Waals surface area contributed by atoms with Crippen LogP contribution in [-0.4, -0.2) is 26.2 Å². The largest absolute Gasteiger partial charge is 0.368 e. The lowest BCUT2D eigenvalue weighted by Crippen LogP contribution is -2.41. The van der Waals surface area contributed by atoms with Gasteiger partial charge in [0.05, 0.1) is 0 Å². The standard InChI is InChI=1S/C15H23ClN2/c1-12-14(16)7-5-8-15(12)18-11-4-3-6-13(18)9-10-17-2/h5,7-8,13,17H,3-4,6,9-11H2,1-2H3. The molecule has 1 aromatic carbocycles. The fraction of sp³-hybridized carbons (Fsp3) is 0.600. The van der Waals surface area contributed by atoms with Gasteiger partial charge in [0.1, 0.15) is 0 Å². The van der Waals surface area contributed by atoms with Crippen LogP contribution in [0.15, 0.2) is 18.2 Å². The Labute approximate surface area is 115 Å². The van der Waals surface area contributed by atoms with E-state index < -0.39 is 0 Å². The van der Waals surface area contributed by atoms with Crippen LogP contribution in [0.5, 0.6) is 0 Å². The van der Waals surface area contributed by atoms with E-state index in [1.807, 2.05) is 13.1 Å². The normalized spacial score (nSPS) is 20.2. The number of nitrogens with zero attached hydrogens (tertiary/aromatic N) is 1. The van der Waals surface area contributed by atoms with Gasteiger partial charge in [0, 0.05) is 23.3 Å². The van der Waals surface area contributed by atoms with Gasteiger partial charge in [-0.05, 0) is 63.9 Å². The Morgan fingerprint density at radius 2 is 2.22 bits per heavy atom. The Morgan fingerprint density at radius 1 is 1.39 bits per heavy atom. The maximum Gasteiger partial charge on any atom is 0.0455 e. The van der Waals surface area contributed by atoms with Crippen molar-refractivity contribution in [3.8, 4) is 0 Å². The van der Waals surface area contributed by atoms with Crippen LogP contribution in [0.2, 0.25) is 5.02 Å². The second kappa shape index (κ2) is 6.44.